The molecule has 0 fully saturated rings. The Labute approximate surface area is 227 Å². The highest BCUT2D eigenvalue weighted by Crippen LogP contribution is 2.32. The summed E-state index contributed by atoms with van der Waals surface area (Å²) in [5.74, 6) is -0.251. The summed E-state index contributed by atoms with van der Waals surface area (Å²) in [6, 6.07) is 22.6. The lowest BCUT2D eigenvalue weighted by Crippen LogP contribution is -2.48. The Kier molecular flexibility index (Phi) is 8.00. The molecule has 0 aliphatic heterocycles. The van der Waals surface area contributed by atoms with Gasteiger partial charge in [0.15, 0.2) is 0 Å². The largest absolute Gasteiger partial charge is 0.328 e. The van der Waals surface area contributed by atoms with E-state index in [1.807, 2.05) is 87.5 Å². The number of carbonyl (C=O) groups is 2. The van der Waals surface area contributed by atoms with Gasteiger partial charge in [0.05, 0.1) is 24.1 Å². The number of hydrogen-bond donors (Lipinski definition) is 4. The lowest BCUT2D eigenvalue weighted by molar-refractivity contribution is -0.118. The smallest absolute Gasteiger partial charge is 0.304 e. The average molecular weight is 550 g/mol. The molecular formula is C27H31N7O4S. The first-order valence-corrected chi connectivity index (χ1v) is 13.7. The molecule has 12 heteroatoms. The summed E-state index contributed by atoms with van der Waals surface area (Å²) >= 11 is 0. The van der Waals surface area contributed by atoms with E-state index in [4.69, 9.17) is 5.14 Å². The van der Waals surface area contributed by atoms with Crippen molar-refractivity contribution in [2.45, 2.75) is 32.9 Å². The van der Waals surface area contributed by atoms with Gasteiger partial charge >= 0.3 is 6.03 Å². The Bertz CT molecular complexity index is 1590. The van der Waals surface area contributed by atoms with Gasteiger partial charge in [0, 0.05) is 23.5 Å². The maximum absolute atomic E-state index is 13.7. The van der Waals surface area contributed by atoms with Crippen molar-refractivity contribution >= 4 is 44.4 Å². The van der Waals surface area contributed by atoms with Crippen LogP contribution < -0.4 is 25.4 Å². The van der Waals surface area contributed by atoms with Crippen molar-refractivity contribution < 1.29 is 18.0 Å². The second-order valence-corrected chi connectivity index (χ2v) is 11.2. The van der Waals surface area contributed by atoms with Crippen molar-refractivity contribution in [3.05, 3.63) is 84.6 Å². The normalized spacial score (nSPS) is 11.8. The van der Waals surface area contributed by atoms with Gasteiger partial charge in [-0.1, -0.05) is 48.5 Å². The second kappa shape index (κ2) is 11.2. The number of nitrogens with one attached hydrogen (secondary N) is 3. The zero-order valence-electron chi connectivity index (χ0n) is 21.9. The van der Waals surface area contributed by atoms with Gasteiger partial charge in [-0.3, -0.25) is 15.0 Å². The van der Waals surface area contributed by atoms with Crippen molar-refractivity contribution in [1.82, 2.24) is 19.8 Å². The summed E-state index contributed by atoms with van der Waals surface area (Å²) < 4.78 is 25.1. The van der Waals surface area contributed by atoms with Crippen molar-refractivity contribution in [1.29, 1.82) is 0 Å². The molecule has 11 nitrogen and oxygen atoms in total. The van der Waals surface area contributed by atoms with Gasteiger partial charge in [-0.2, -0.15) is 13.5 Å². The number of nitrogens with zero attached hydrogens (tertiary/aromatic N) is 3. The molecule has 3 aromatic carbocycles. The van der Waals surface area contributed by atoms with Crippen LogP contribution in [0.4, 0.5) is 16.3 Å². The van der Waals surface area contributed by atoms with Gasteiger partial charge in [0.1, 0.15) is 5.82 Å². The van der Waals surface area contributed by atoms with E-state index < -0.39 is 21.7 Å². The fourth-order valence-corrected chi connectivity index (χ4v) is 4.61. The Morgan fingerprint density at radius 3 is 2.36 bits per heavy atom. The van der Waals surface area contributed by atoms with E-state index in [9.17, 15) is 18.0 Å². The molecular weight excluding hydrogens is 518 g/mol. The Balaban J connectivity index is 1.49. The molecule has 1 heterocycles. The summed E-state index contributed by atoms with van der Waals surface area (Å²) in [5.41, 5.74) is 1.87. The van der Waals surface area contributed by atoms with Gasteiger partial charge in [-0.15, -0.1) is 0 Å². The first-order chi connectivity index (χ1) is 18.4. The number of amides is 3. The van der Waals surface area contributed by atoms with Crippen molar-refractivity contribution in [2.24, 2.45) is 5.14 Å². The van der Waals surface area contributed by atoms with Crippen LogP contribution in [0, 0.1) is 0 Å². The third kappa shape index (κ3) is 6.99. The lowest BCUT2D eigenvalue weighted by atomic mass is 10.0. The molecule has 0 radical (unpaired) electrons. The van der Waals surface area contributed by atoms with Crippen LogP contribution in [0.1, 0.15) is 26.3 Å². The molecule has 5 N–H and O–H groups in total. The Morgan fingerprint density at radius 2 is 1.67 bits per heavy atom. The molecule has 0 aliphatic rings. The third-order valence-corrected chi connectivity index (χ3v) is 6.32. The minimum Gasteiger partial charge on any atom is -0.304 e. The van der Waals surface area contributed by atoms with Crippen LogP contribution in [0.15, 0.2) is 79.0 Å². The predicted molar refractivity (Wildman–Crippen MR) is 152 cm³/mol. The topological polar surface area (TPSA) is 151 Å². The molecule has 4 aromatic rings. The van der Waals surface area contributed by atoms with Crippen molar-refractivity contribution in [3.8, 4) is 5.69 Å². The first kappa shape index (κ1) is 27.8. The lowest BCUT2D eigenvalue weighted by Gasteiger charge is -2.36. The van der Waals surface area contributed by atoms with Crippen LogP contribution in [-0.4, -0.2) is 42.2 Å². The van der Waals surface area contributed by atoms with E-state index in [1.54, 1.807) is 26.6 Å². The standard InChI is InChI=1S/C27H31N7O4S/c1-27(2,3)33(23-10-6-8-20-7-4-5-9-22(20)23)26(36)31-24-15-16-30-34(24)21-13-11-19(12-14-21)17-29-18-25(35)32-39(28,37)38/h4-16,29H,17-18H2,1-3H3,(H,31,36)(H,32,35)(H2,28,37,38). The van der Waals surface area contributed by atoms with E-state index >= 15 is 0 Å². The number of nitrogens with two attached hydrogens (primary N) is 1. The summed E-state index contributed by atoms with van der Waals surface area (Å²) in [7, 11) is -4.08. The summed E-state index contributed by atoms with van der Waals surface area (Å²) in [5, 5.41) is 17.1. The number of anilines is 2. The average Bonchev–Trinajstić information content (AvgIpc) is 3.31. The van der Waals surface area contributed by atoms with Gasteiger partial charge in [0.25, 0.3) is 10.2 Å². The van der Waals surface area contributed by atoms with E-state index in [0.29, 0.717) is 12.4 Å². The van der Waals surface area contributed by atoms with Crippen LogP contribution in [0.2, 0.25) is 0 Å². The first-order valence-electron chi connectivity index (χ1n) is 12.2. The minimum absolute atomic E-state index is 0.214. The van der Waals surface area contributed by atoms with Crippen LogP contribution in [0.5, 0.6) is 0 Å². The number of aromatic nitrogens is 2. The molecule has 0 spiro atoms. The van der Waals surface area contributed by atoms with E-state index in [0.717, 1.165) is 27.7 Å². The zero-order valence-corrected chi connectivity index (χ0v) is 22.7. The minimum atomic E-state index is -4.08. The third-order valence-electron chi connectivity index (χ3n) is 5.81. The Morgan fingerprint density at radius 1 is 0.974 bits per heavy atom. The monoisotopic (exact) mass is 549 g/mol. The highest BCUT2D eigenvalue weighted by Gasteiger charge is 2.30. The fraction of sp³-hybridized carbons (Fsp3) is 0.222. The van der Waals surface area contributed by atoms with Crippen LogP contribution in [-0.2, 0) is 21.5 Å². The highest BCUT2D eigenvalue weighted by atomic mass is 32.2. The molecule has 4 rings (SSSR count). The number of carbonyl (C=O) groups excluding carboxylic acids is 2. The van der Waals surface area contributed by atoms with E-state index in [1.165, 1.54) is 0 Å². The number of hydrogen-bond acceptors (Lipinski definition) is 6. The van der Waals surface area contributed by atoms with E-state index in [-0.39, 0.29) is 12.6 Å². The van der Waals surface area contributed by atoms with Crippen LogP contribution >= 0.6 is 0 Å². The Hall–Kier alpha value is -4.26. The molecule has 0 atom stereocenters. The predicted octanol–water partition coefficient (Wildman–Crippen LogP) is 3.27. The van der Waals surface area contributed by atoms with Crippen molar-refractivity contribution in [3.63, 3.8) is 0 Å². The molecule has 0 bridgehead atoms. The SMILES string of the molecule is CC(C)(C)N(C(=O)Nc1ccnn1-c1ccc(CNCC(=O)NS(N)(=O)=O)cc1)c1cccc2ccccc12. The number of urea groups is 1. The summed E-state index contributed by atoms with van der Waals surface area (Å²) in [4.78, 5) is 27.0. The van der Waals surface area contributed by atoms with Gasteiger partial charge in [-0.05, 0) is 49.9 Å². The molecule has 0 aliphatic carbocycles. The fourth-order valence-electron chi connectivity index (χ4n) is 4.22. The molecule has 0 saturated carbocycles. The van der Waals surface area contributed by atoms with E-state index in [2.05, 4.69) is 15.7 Å². The molecule has 3 amide bonds. The number of benzene rings is 3. The molecule has 1 aromatic heterocycles. The summed E-state index contributed by atoms with van der Waals surface area (Å²) in [6.07, 6.45) is 1.61. The zero-order chi connectivity index (χ0) is 28.2. The maximum atomic E-state index is 13.7. The highest BCUT2D eigenvalue weighted by molar-refractivity contribution is 7.87. The van der Waals surface area contributed by atoms with Gasteiger partial charge < -0.3 is 5.32 Å². The van der Waals surface area contributed by atoms with Crippen LogP contribution in [0.3, 0.4) is 0 Å². The van der Waals surface area contributed by atoms with Crippen LogP contribution in [0.25, 0.3) is 16.5 Å². The number of rotatable bonds is 8. The maximum Gasteiger partial charge on any atom is 0.328 e. The van der Waals surface area contributed by atoms with Crippen molar-refractivity contribution in [2.75, 3.05) is 16.8 Å². The van der Waals surface area contributed by atoms with Gasteiger partial charge in [-0.25, -0.2) is 19.3 Å². The number of fused-ring (bicyclic) bond motifs is 1. The molecule has 204 valence electrons. The van der Waals surface area contributed by atoms with Gasteiger partial charge in [0.2, 0.25) is 5.91 Å². The molecule has 39 heavy (non-hydrogen) atoms. The molecule has 0 unspecified atom stereocenters. The summed E-state index contributed by atoms with van der Waals surface area (Å²) in [6.45, 7) is 6.06. The quantitative estimate of drug-likeness (QED) is 0.265. The second-order valence-electron chi connectivity index (χ2n) is 9.90. The molecule has 0 saturated heterocycles.